The van der Waals surface area contributed by atoms with E-state index < -0.39 is 0 Å². The minimum atomic E-state index is 0.362. The molecule has 0 amide bonds. The van der Waals surface area contributed by atoms with Crippen molar-refractivity contribution < 1.29 is 0 Å². The summed E-state index contributed by atoms with van der Waals surface area (Å²) in [5.41, 5.74) is 0.908. The van der Waals surface area contributed by atoms with E-state index in [1.165, 1.54) is 32.4 Å². The number of rotatable bonds is 2. The van der Waals surface area contributed by atoms with E-state index in [0.29, 0.717) is 11.0 Å². The van der Waals surface area contributed by atoms with E-state index in [0.717, 1.165) is 5.92 Å². The van der Waals surface area contributed by atoms with Crippen molar-refractivity contribution in [2.75, 3.05) is 13.1 Å². The molecule has 0 atom stereocenters. The summed E-state index contributed by atoms with van der Waals surface area (Å²) in [7, 11) is 0. The number of hydrogen-bond donors (Lipinski definition) is 0. The highest BCUT2D eigenvalue weighted by molar-refractivity contribution is 4.86. The topological polar surface area (TPSA) is 3.24 Å². The number of nitrogens with zero attached hydrogens (tertiary/aromatic N) is 1. The van der Waals surface area contributed by atoms with Gasteiger partial charge < -0.3 is 0 Å². The molecule has 0 aromatic heterocycles. The van der Waals surface area contributed by atoms with Gasteiger partial charge in [-0.2, -0.15) is 0 Å². The maximum atomic E-state index is 2.63. The Bertz CT molecular complexity index is 192. The lowest BCUT2D eigenvalue weighted by Crippen LogP contribution is -2.47. The van der Waals surface area contributed by atoms with Gasteiger partial charge in [0.15, 0.2) is 0 Å². The molecule has 0 N–H and O–H groups in total. The monoisotopic (exact) mass is 211 g/mol. The molecule has 1 nitrogen and oxygen atoms in total. The van der Waals surface area contributed by atoms with E-state index in [-0.39, 0.29) is 0 Å². The zero-order valence-corrected chi connectivity index (χ0v) is 11.6. The summed E-state index contributed by atoms with van der Waals surface area (Å²) in [6, 6.07) is 0. The van der Waals surface area contributed by atoms with E-state index in [1.54, 1.807) is 0 Å². The largest absolute Gasteiger partial charge is 0.298 e. The second-order valence-electron chi connectivity index (χ2n) is 6.77. The van der Waals surface area contributed by atoms with Crippen LogP contribution < -0.4 is 0 Å². The van der Waals surface area contributed by atoms with Gasteiger partial charge in [0.1, 0.15) is 0 Å². The van der Waals surface area contributed by atoms with Crippen molar-refractivity contribution in [2.45, 2.75) is 66.3 Å². The first-order valence-electron chi connectivity index (χ1n) is 6.52. The van der Waals surface area contributed by atoms with Crippen LogP contribution in [0.1, 0.15) is 60.8 Å². The zero-order chi connectivity index (χ0) is 11.7. The molecule has 0 aromatic rings. The summed E-state index contributed by atoms with van der Waals surface area (Å²) in [6.45, 7) is 16.8. The van der Waals surface area contributed by atoms with Crippen LogP contribution in [0, 0.1) is 11.3 Å². The SMILES string of the molecule is CCC(C)(C)C1CCN(C(C)(C)C)CC1. The Hall–Kier alpha value is -0.0400. The molecule has 0 unspecified atom stereocenters. The van der Waals surface area contributed by atoms with Crippen molar-refractivity contribution in [3.8, 4) is 0 Å². The first-order valence-corrected chi connectivity index (χ1v) is 6.52. The Balaban J connectivity index is 2.50. The van der Waals surface area contributed by atoms with Gasteiger partial charge in [-0.15, -0.1) is 0 Å². The summed E-state index contributed by atoms with van der Waals surface area (Å²) in [5.74, 6) is 0.932. The Kier molecular flexibility index (Phi) is 3.86. The van der Waals surface area contributed by atoms with E-state index in [4.69, 9.17) is 0 Å². The van der Waals surface area contributed by atoms with E-state index >= 15 is 0 Å². The van der Waals surface area contributed by atoms with Crippen molar-refractivity contribution >= 4 is 0 Å². The van der Waals surface area contributed by atoms with Crippen molar-refractivity contribution in [1.82, 2.24) is 4.90 Å². The molecule has 0 bridgehead atoms. The Morgan fingerprint density at radius 1 is 1.00 bits per heavy atom. The van der Waals surface area contributed by atoms with Crippen molar-refractivity contribution in [2.24, 2.45) is 11.3 Å². The summed E-state index contributed by atoms with van der Waals surface area (Å²) in [6.07, 6.45) is 4.09. The second-order valence-corrected chi connectivity index (χ2v) is 6.77. The number of hydrogen-bond acceptors (Lipinski definition) is 1. The van der Waals surface area contributed by atoms with Crippen LogP contribution >= 0.6 is 0 Å². The highest BCUT2D eigenvalue weighted by Gasteiger charge is 2.33. The molecule has 0 aromatic carbocycles. The average molecular weight is 211 g/mol. The van der Waals surface area contributed by atoms with Crippen molar-refractivity contribution in [1.29, 1.82) is 0 Å². The maximum absolute atomic E-state index is 2.63. The highest BCUT2D eigenvalue weighted by atomic mass is 15.2. The first kappa shape index (κ1) is 13.0. The minimum Gasteiger partial charge on any atom is -0.298 e. The van der Waals surface area contributed by atoms with Crippen LogP contribution in [0.5, 0.6) is 0 Å². The van der Waals surface area contributed by atoms with Gasteiger partial charge in [-0.05, 0) is 58.0 Å². The van der Waals surface area contributed by atoms with Gasteiger partial charge in [0.2, 0.25) is 0 Å². The fraction of sp³-hybridized carbons (Fsp3) is 1.00. The number of likely N-dealkylation sites (tertiary alicyclic amines) is 1. The summed E-state index contributed by atoms with van der Waals surface area (Å²) in [4.78, 5) is 2.63. The van der Waals surface area contributed by atoms with Crippen molar-refractivity contribution in [3.63, 3.8) is 0 Å². The van der Waals surface area contributed by atoms with Crippen LogP contribution in [0.2, 0.25) is 0 Å². The zero-order valence-electron chi connectivity index (χ0n) is 11.6. The van der Waals surface area contributed by atoms with Gasteiger partial charge in [-0.1, -0.05) is 27.2 Å². The van der Waals surface area contributed by atoms with Crippen LogP contribution in [-0.2, 0) is 0 Å². The summed E-state index contributed by atoms with van der Waals surface area (Å²) in [5, 5.41) is 0. The van der Waals surface area contributed by atoms with Gasteiger partial charge in [-0.3, -0.25) is 4.90 Å². The van der Waals surface area contributed by atoms with Crippen LogP contribution in [0.25, 0.3) is 0 Å². The fourth-order valence-corrected chi connectivity index (χ4v) is 2.62. The molecule has 1 heteroatoms. The van der Waals surface area contributed by atoms with Gasteiger partial charge in [0.05, 0.1) is 0 Å². The molecule has 0 spiro atoms. The molecule has 0 radical (unpaired) electrons. The molecule has 1 saturated heterocycles. The van der Waals surface area contributed by atoms with Gasteiger partial charge in [0, 0.05) is 5.54 Å². The molecule has 90 valence electrons. The summed E-state index contributed by atoms with van der Waals surface area (Å²) >= 11 is 0. The Morgan fingerprint density at radius 2 is 1.47 bits per heavy atom. The third-order valence-electron chi connectivity index (χ3n) is 4.46. The van der Waals surface area contributed by atoms with E-state index in [9.17, 15) is 0 Å². The normalized spacial score (nSPS) is 22.0. The van der Waals surface area contributed by atoms with E-state index in [2.05, 4.69) is 46.4 Å². The predicted molar refractivity (Wildman–Crippen MR) is 68.1 cm³/mol. The molecule has 1 aliphatic rings. The van der Waals surface area contributed by atoms with E-state index in [1.807, 2.05) is 0 Å². The lowest BCUT2D eigenvalue weighted by Gasteiger charge is -2.45. The smallest absolute Gasteiger partial charge is 0.0125 e. The Labute approximate surface area is 96.2 Å². The molecule has 1 aliphatic heterocycles. The molecule has 1 fully saturated rings. The molecule has 0 saturated carbocycles. The minimum absolute atomic E-state index is 0.362. The molecular weight excluding hydrogens is 182 g/mol. The van der Waals surface area contributed by atoms with Crippen LogP contribution in [-0.4, -0.2) is 23.5 Å². The van der Waals surface area contributed by atoms with Crippen LogP contribution in [0.4, 0.5) is 0 Å². The predicted octanol–water partition coefficient (Wildman–Crippen LogP) is 3.93. The molecule has 1 rings (SSSR count). The van der Waals surface area contributed by atoms with Crippen LogP contribution in [0.15, 0.2) is 0 Å². The lowest BCUT2D eigenvalue weighted by molar-refractivity contribution is 0.0457. The first-order chi connectivity index (χ1) is 6.77. The van der Waals surface area contributed by atoms with Crippen LogP contribution in [0.3, 0.4) is 0 Å². The fourth-order valence-electron chi connectivity index (χ4n) is 2.62. The lowest BCUT2D eigenvalue weighted by atomic mass is 9.72. The Morgan fingerprint density at radius 3 is 1.80 bits per heavy atom. The summed E-state index contributed by atoms with van der Waals surface area (Å²) < 4.78 is 0. The molecule has 1 heterocycles. The molecule has 15 heavy (non-hydrogen) atoms. The van der Waals surface area contributed by atoms with Gasteiger partial charge >= 0.3 is 0 Å². The van der Waals surface area contributed by atoms with Crippen molar-refractivity contribution in [3.05, 3.63) is 0 Å². The maximum Gasteiger partial charge on any atom is 0.0125 e. The average Bonchev–Trinajstić information content (AvgIpc) is 2.17. The second kappa shape index (κ2) is 4.45. The quantitative estimate of drug-likeness (QED) is 0.669. The highest BCUT2D eigenvalue weighted by Crippen LogP contribution is 2.38. The standard InChI is InChI=1S/C14H29N/c1-7-14(5,6)12-8-10-15(11-9-12)13(2,3)4/h12H,7-11H2,1-6H3. The third kappa shape index (κ3) is 3.21. The number of piperidine rings is 1. The molecular formula is C14H29N. The van der Waals surface area contributed by atoms with Gasteiger partial charge in [0.25, 0.3) is 0 Å². The molecule has 0 aliphatic carbocycles. The van der Waals surface area contributed by atoms with Gasteiger partial charge in [-0.25, -0.2) is 0 Å². The third-order valence-corrected chi connectivity index (χ3v) is 4.46.